The number of benzene rings is 2. The van der Waals surface area contributed by atoms with Crippen molar-refractivity contribution in [2.24, 2.45) is 0 Å². The van der Waals surface area contributed by atoms with Crippen LogP contribution < -0.4 is 5.32 Å². The van der Waals surface area contributed by atoms with Crippen molar-refractivity contribution in [2.75, 3.05) is 12.4 Å². The quantitative estimate of drug-likeness (QED) is 0.309. The van der Waals surface area contributed by atoms with Crippen LogP contribution in [0.15, 0.2) is 82.0 Å². The van der Waals surface area contributed by atoms with Gasteiger partial charge in [0.15, 0.2) is 0 Å². The number of thioether (sulfide) groups is 1. The van der Waals surface area contributed by atoms with E-state index in [2.05, 4.69) is 5.32 Å². The minimum atomic E-state index is -4.69. The summed E-state index contributed by atoms with van der Waals surface area (Å²) in [6.45, 7) is 1.38. The van der Waals surface area contributed by atoms with Crippen molar-refractivity contribution in [1.82, 2.24) is 5.32 Å². The fraction of sp³-hybridized carbons (Fsp3) is 0.240. The lowest BCUT2D eigenvalue weighted by Crippen LogP contribution is -2.32. The molecule has 0 fully saturated rings. The molecular weight excluding hydrogens is 463 g/mol. The molecule has 0 bridgehead atoms. The van der Waals surface area contributed by atoms with Gasteiger partial charge in [-0.05, 0) is 30.7 Å². The number of nitrogens with one attached hydrogen (secondary N) is 1. The Morgan fingerprint density at radius 3 is 2.44 bits per heavy atom. The number of halogens is 3. The Morgan fingerprint density at radius 2 is 1.79 bits per heavy atom. The highest BCUT2D eigenvalue weighted by molar-refractivity contribution is 7.99. The molecule has 0 amide bonds. The number of hydrogen-bond donors (Lipinski definition) is 1. The van der Waals surface area contributed by atoms with Crippen LogP contribution in [0.4, 0.5) is 13.2 Å². The van der Waals surface area contributed by atoms with E-state index < -0.39 is 23.6 Å². The molecule has 34 heavy (non-hydrogen) atoms. The first kappa shape index (κ1) is 24.9. The Bertz CT molecular complexity index is 1210. The van der Waals surface area contributed by atoms with Crippen LogP contribution in [0.25, 0.3) is 0 Å². The topological polar surface area (TPSA) is 85.9 Å². The zero-order valence-corrected chi connectivity index (χ0v) is 19.0. The second-order valence-electron chi connectivity index (χ2n) is 7.33. The van der Waals surface area contributed by atoms with E-state index in [4.69, 9.17) is 10.00 Å². The number of allylic oxidation sites excluding steroid dienone is 2. The Labute approximate surface area is 199 Å². The van der Waals surface area contributed by atoms with Crippen LogP contribution in [0.5, 0.6) is 0 Å². The molecule has 9 heteroatoms. The van der Waals surface area contributed by atoms with Gasteiger partial charge in [0.1, 0.15) is 6.61 Å². The smallest absolute Gasteiger partial charge is 0.416 e. The fourth-order valence-electron chi connectivity index (χ4n) is 3.66. The number of esters is 1. The molecule has 1 aliphatic rings. The normalized spacial score (nSPS) is 15.9. The minimum absolute atomic E-state index is 0.00241. The van der Waals surface area contributed by atoms with Crippen molar-refractivity contribution in [3.05, 3.63) is 88.3 Å². The van der Waals surface area contributed by atoms with Gasteiger partial charge in [-0.25, -0.2) is 4.79 Å². The summed E-state index contributed by atoms with van der Waals surface area (Å²) in [6, 6.07) is 18.0. The number of ether oxygens (including phenoxy) is 1. The number of carbonyl (C=O) groups excluding carboxylic acids is 1. The second-order valence-corrected chi connectivity index (χ2v) is 8.38. The summed E-state index contributed by atoms with van der Waals surface area (Å²) >= 11 is 1.39. The van der Waals surface area contributed by atoms with Crippen LogP contribution in [-0.4, -0.2) is 18.3 Å². The van der Waals surface area contributed by atoms with E-state index in [1.807, 2.05) is 42.5 Å². The fourth-order valence-corrected chi connectivity index (χ4v) is 4.54. The van der Waals surface area contributed by atoms with Gasteiger partial charge >= 0.3 is 12.1 Å². The lowest BCUT2D eigenvalue weighted by atomic mass is 9.79. The lowest BCUT2D eigenvalue weighted by Gasteiger charge is -2.31. The first-order valence-corrected chi connectivity index (χ1v) is 11.3. The third kappa shape index (κ3) is 5.62. The van der Waals surface area contributed by atoms with Gasteiger partial charge in [0, 0.05) is 22.0 Å². The van der Waals surface area contributed by atoms with Crippen LogP contribution in [0.3, 0.4) is 0 Å². The zero-order valence-electron chi connectivity index (χ0n) is 18.1. The summed E-state index contributed by atoms with van der Waals surface area (Å²) in [5, 5.41) is 21.7. The first-order chi connectivity index (χ1) is 16.3. The summed E-state index contributed by atoms with van der Waals surface area (Å²) in [7, 11) is 0. The molecule has 5 nitrogen and oxygen atoms in total. The summed E-state index contributed by atoms with van der Waals surface area (Å²) in [4.78, 5) is 14.1. The summed E-state index contributed by atoms with van der Waals surface area (Å²) in [5.41, 5.74) is -0.490. The average molecular weight is 484 g/mol. The van der Waals surface area contributed by atoms with Crippen LogP contribution in [0, 0.1) is 22.7 Å². The van der Waals surface area contributed by atoms with Crippen LogP contribution in [-0.2, 0) is 15.7 Å². The highest BCUT2D eigenvalue weighted by Crippen LogP contribution is 2.44. The van der Waals surface area contributed by atoms with Gasteiger partial charge in [0.2, 0.25) is 0 Å². The lowest BCUT2D eigenvalue weighted by molar-refractivity contribution is -0.140. The van der Waals surface area contributed by atoms with E-state index in [-0.39, 0.29) is 35.5 Å². The SMILES string of the molecule is CC1=C(C#N)C(c2ccccc2C(F)(F)F)C(C(=O)OCCC#N)=C(CSc2ccccc2)N1. The van der Waals surface area contributed by atoms with E-state index in [0.717, 1.165) is 11.0 Å². The Kier molecular flexibility index (Phi) is 8.04. The molecule has 0 aromatic heterocycles. The van der Waals surface area contributed by atoms with E-state index in [1.54, 1.807) is 6.92 Å². The number of nitrogens with zero attached hydrogens (tertiary/aromatic N) is 2. The molecule has 2 aromatic carbocycles. The van der Waals surface area contributed by atoms with Crippen molar-refractivity contribution in [1.29, 1.82) is 10.5 Å². The van der Waals surface area contributed by atoms with E-state index in [9.17, 15) is 23.2 Å². The maximum atomic E-state index is 13.9. The molecule has 0 saturated heterocycles. The number of carbonyl (C=O) groups is 1. The molecule has 174 valence electrons. The van der Waals surface area contributed by atoms with E-state index in [0.29, 0.717) is 11.4 Å². The second kappa shape index (κ2) is 11.0. The summed E-state index contributed by atoms with van der Waals surface area (Å²) < 4.78 is 46.9. The van der Waals surface area contributed by atoms with Crippen molar-refractivity contribution >= 4 is 17.7 Å². The van der Waals surface area contributed by atoms with Gasteiger partial charge < -0.3 is 10.1 Å². The molecule has 1 N–H and O–H groups in total. The number of nitriles is 2. The van der Waals surface area contributed by atoms with E-state index in [1.165, 1.54) is 30.0 Å². The maximum absolute atomic E-state index is 13.9. The largest absolute Gasteiger partial charge is 0.461 e. The van der Waals surface area contributed by atoms with Crippen molar-refractivity contribution < 1.29 is 22.7 Å². The molecule has 1 aliphatic heterocycles. The molecule has 0 radical (unpaired) electrons. The van der Waals surface area contributed by atoms with Gasteiger partial charge in [0.25, 0.3) is 0 Å². The van der Waals surface area contributed by atoms with Crippen molar-refractivity contribution in [3.63, 3.8) is 0 Å². The van der Waals surface area contributed by atoms with E-state index >= 15 is 0 Å². The molecule has 1 unspecified atom stereocenters. The minimum Gasteiger partial charge on any atom is -0.461 e. The van der Waals surface area contributed by atoms with Gasteiger partial charge in [-0.15, -0.1) is 11.8 Å². The molecule has 2 aromatic rings. The molecular formula is C25H20F3N3O2S. The predicted molar refractivity (Wildman–Crippen MR) is 121 cm³/mol. The summed E-state index contributed by atoms with van der Waals surface area (Å²) in [6.07, 6.45) is -4.75. The third-order valence-corrected chi connectivity index (χ3v) is 6.17. The predicted octanol–water partition coefficient (Wildman–Crippen LogP) is 5.69. The molecule has 1 heterocycles. The standard InChI is InChI=1S/C25H20F3N3O2S/c1-16-19(14-30)22(18-10-5-6-11-20(18)25(26,27)28)23(24(32)33-13-7-12-29)21(31-16)15-34-17-8-3-2-4-9-17/h2-6,8-11,22,31H,7,13,15H2,1H3. The Hall–Kier alpha value is -3.69. The van der Waals surface area contributed by atoms with Gasteiger partial charge in [-0.1, -0.05) is 36.4 Å². The first-order valence-electron chi connectivity index (χ1n) is 10.3. The number of hydrogen-bond acceptors (Lipinski definition) is 6. The maximum Gasteiger partial charge on any atom is 0.416 e. The van der Waals surface area contributed by atoms with Crippen LogP contribution >= 0.6 is 11.8 Å². The van der Waals surface area contributed by atoms with Crippen molar-refractivity contribution in [2.45, 2.75) is 30.3 Å². The average Bonchev–Trinajstić information content (AvgIpc) is 2.82. The molecule has 0 aliphatic carbocycles. The Morgan fingerprint density at radius 1 is 1.12 bits per heavy atom. The third-order valence-electron chi connectivity index (χ3n) is 5.14. The zero-order chi connectivity index (χ0) is 24.7. The summed E-state index contributed by atoms with van der Waals surface area (Å²) in [5.74, 6) is -1.91. The highest BCUT2D eigenvalue weighted by atomic mass is 32.2. The van der Waals surface area contributed by atoms with Gasteiger partial charge in [-0.2, -0.15) is 23.7 Å². The number of rotatable bonds is 7. The molecule has 0 spiro atoms. The Balaban J connectivity index is 2.16. The van der Waals surface area contributed by atoms with Gasteiger partial charge in [0.05, 0.1) is 41.2 Å². The molecule has 1 atom stereocenters. The van der Waals surface area contributed by atoms with Crippen LogP contribution in [0.1, 0.15) is 30.4 Å². The highest BCUT2D eigenvalue weighted by Gasteiger charge is 2.41. The molecule has 3 rings (SSSR count). The monoisotopic (exact) mass is 483 g/mol. The number of alkyl halides is 3. The van der Waals surface area contributed by atoms with Gasteiger partial charge in [-0.3, -0.25) is 0 Å². The molecule has 0 saturated carbocycles. The van der Waals surface area contributed by atoms with Crippen molar-refractivity contribution in [3.8, 4) is 12.1 Å². The van der Waals surface area contributed by atoms with Crippen LogP contribution in [0.2, 0.25) is 0 Å². The number of dihydropyridines is 1.